The third-order valence-corrected chi connectivity index (χ3v) is 2.74. The highest BCUT2D eigenvalue weighted by Gasteiger charge is 2.30. The smallest absolute Gasteiger partial charge is 0.237 e. The van der Waals surface area contributed by atoms with Gasteiger partial charge in [-0.25, -0.2) is 8.42 Å². The fourth-order valence-corrected chi connectivity index (χ4v) is 1.52. The van der Waals surface area contributed by atoms with E-state index < -0.39 is 21.4 Å². The van der Waals surface area contributed by atoms with Gasteiger partial charge in [0.05, 0.1) is 10.5 Å². The second kappa shape index (κ2) is 3.31. The standard InChI is InChI=1S/C7H6BF3O2S/c8-14(12,13)6-3-1-5(2-4-6)7(9,10)11/h1-4H,8H2. The molecule has 14 heavy (non-hydrogen) atoms. The van der Waals surface area contributed by atoms with Crippen LogP contribution in [0.15, 0.2) is 29.2 Å². The molecule has 1 aromatic rings. The average Bonchev–Trinajstić information content (AvgIpc) is 2.01. The highest BCUT2D eigenvalue weighted by molar-refractivity contribution is 8.12. The molecular formula is C7H6BF3O2S. The second-order valence-electron chi connectivity index (χ2n) is 2.79. The van der Waals surface area contributed by atoms with Gasteiger partial charge in [0.25, 0.3) is 7.12 Å². The van der Waals surface area contributed by atoms with Gasteiger partial charge in [0, 0.05) is 0 Å². The molecule has 7 heteroatoms. The van der Waals surface area contributed by atoms with E-state index >= 15 is 0 Å². The summed E-state index contributed by atoms with van der Waals surface area (Å²) >= 11 is 0. The molecular weight excluding hydrogens is 216 g/mol. The Hall–Kier alpha value is -0.975. The van der Waals surface area contributed by atoms with Crippen LogP contribution in [0.5, 0.6) is 0 Å². The number of hydrogen-bond acceptors (Lipinski definition) is 2. The van der Waals surface area contributed by atoms with Gasteiger partial charge >= 0.3 is 6.18 Å². The van der Waals surface area contributed by atoms with Gasteiger partial charge in [-0.1, -0.05) is 0 Å². The lowest BCUT2D eigenvalue weighted by Crippen LogP contribution is -2.06. The van der Waals surface area contributed by atoms with Crippen LogP contribution in [-0.4, -0.2) is 15.5 Å². The summed E-state index contributed by atoms with van der Waals surface area (Å²) in [5.41, 5.74) is -0.857. The van der Waals surface area contributed by atoms with E-state index in [9.17, 15) is 21.6 Å². The minimum atomic E-state index is -4.43. The molecule has 0 aliphatic carbocycles. The lowest BCUT2D eigenvalue weighted by molar-refractivity contribution is -0.137. The van der Waals surface area contributed by atoms with Crippen molar-refractivity contribution < 1.29 is 21.6 Å². The maximum atomic E-state index is 12.1. The fourth-order valence-electron chi connectivity index (χ4n) is 0.891. The van der Waals surface area contributed by atoms with Gasteiger partial charge in [-0.05, 0) is 24.3 Å². The molecule has 0 heterocycles. The first kappa shape index (κ1) is 11.1. The van der Waals surface area contributed by atoms with E-state index in [2.05, 4.69) is 0 Å². The van der Waals surface area contributed by atoms with Crippen molar-refractivity contribution >= 4 is 16.8 Å². The molecule has 0 saturated heterocycles. The third kappa shape index (κ3) is 2.51. The molecule has 0 aliphatic heterocycles. The van der Waals surface area contributed by atoms with E-state index in [4.69, 9.17) is 0 Å². The normalized spacial score (nSPS) is 12.8. The molecule has 0 bridgehead atoms. The second-order valence-corrected chi connectivity index (χ2v) is 4.81. The number of halogens is 3. The summed E-state index contributed by atoms with van der Waals surface area (Å²) in [5.74, 6) is 0. The van der Waals surface area contributed by atoms with E-state index in [1.54, 1.807) is 0 Å². The van der Waals surface area contributed by atoms with Crippen molar-refractivity contribution in [2.24, 2.45) is 0 Å². The summed E-state index contributed by atoms with van der Waals surface area (Å²) in [6.07, 6.45) is -4.43. The van der Waals surface area contributed by atoms with Gasteiger partial charge in [0.1, 0.15) is 9.69 Å². The summed E-state index contributed by atoms with van der Waals surface area (Å²) in [6.45, 7) is 0. The van der Waals surface area contributed by atoms with E-state index in [-0.39, 0.29) is 4.90 Å². The van der Waals surface area contributed by atoms with E-state index in [1.807, 2.05) is 0 Å². The molecule has 1 rings (SSSR count). The Morgan fingerprint density at radius 2 is 1.50 bits per heavy atom. The van der Waals surface area contributed by atoms with Crippen molar-refractivity contribution in [2.75, 3.05) is 0 Å². The summed E-state index contributed by atoms with van der Waals surface area (Å²) in [6, 6.07) is 3.38. The summed E-state index contributed by atoms with van der Waals surface area (Å²) in [7, 11) is -2.49. The Balaban J connectivity index is 3.14. The highest BCUT2D eigenvalue weighted by Crippen LogP contribution is 2.29. The van der Waals surface area contributed by atoms with Gasteiger partial charge in [0.2, 0.25) is 0 Å². The monoisotopic (exact) mass is 222 g/mol. The molecule has 0 aliphatic rings. The molecule has 2 nitrogen and oxygen atoms in total. The molecule has 0 atom stereocenters. The Kier molecular flexibility index (Phi) is 2.62. The molecule has 0 saturated carbocycles. The number of rotatable bonds is 1. The van der Waals surface area contributed by atoms with Crippen molar-refractivity contribution in [1.82, 2.24) is 0 Å². The summed E-state index contributed by atoms with van der Waals surface area (Å²) in [4.78, 5) is -0.120. The van der Waals surface area contributed by atoms with Crippen LogP contribution in [0, 0.1) is 0 Å². The van der Waals surface area contributed by atoms with Crippen LogP contribution in [0.2, 0.25) is 0 Å². The quantitative estimate of drug-likeness (QED) is 0.665. The Morgan fingerprint density at radius 3 is 1.79 bits per heavy atom. The van der Waals surface area contributed by atoms with Crippen molar-refractivity contribution in [3.63, 3.8) is 0 Å². The minimum Gasteiger partial charge on any atom is -0.237 e. The van der Waals surface area contributed by atoms with Crippen molar-refractivity contribution in [1.29, 1.82) is 0 Å². The largest absolute Gasteiger partial charge is 0.416 e. The molecule has 0 unspecified atom stereocenters. The third-order valence-electron chi connectivity index (χ3n) is 1.61. The van der Waals surface area contributed by atoms with Crippen molar-refractivity contribution in [2.45, 2.75) is 11.1 Å². The maximum Gasteiger partial charge on any atom is 0.416 e. The average molecular weight is 222 g/mol. The Bertz CT molecular complexity index is 421. The zero-order valence-electron chi connectivity index (χ0n) is 7.17. The number of alkyl halides is 3. The first-order valence-electron chi connectivity index (χ1n) is 3.58. The lowest BCUT2D eigenvalue weighted by Gasteiger charge is -2.06. The first-order chi connectivity index (χ1) is 6.21. The zero-order valence-corrected chi connectivity index (χ0v) is 7.98. The van der Waals surface area contributed by atoms with Crippen LogP contribution in [0.1, 0.15) is 5.56 Å². The lowest BCUT2D eigenvalue weighted by atomic mass is 10.2. The first-order valence-corrected chi connectivity index (χ1v) is 5.48. The molecule has 0 fully saturated rings. The Morgan fingerprint density at radius 1 is 1.07 bits per heavy atom. The van der Waals surface area contributed by atoms with E-state index in [0.717, 1.165) is 31.4 Å². The fraction of sp³-hybridized carbons (Fsp3) is 0.143. The van der Waals surface area contributed by atoms with Gasteiger partial charge in [-0.3, -0.25) is 0 Å². The maximum absolute atomic E-state index is 12.1. The van der Waals surface area contributed by atoms with Crippen molar-refractivity contribution in [3.8, 4) is 0 Å². The van der Waals surface area contributed by atoms with Gasteiger partial charge in [-0.15, -0.1) is 0 Å². The van der Waals surface area contributed by atoms with Crippen LogP contribution in [0.4, 0.5) is 13.2 Å². The number of hydrogen-bond donors (Lipinski definition) is 0. The van der Waals surface area contributed by atoms with E-state index in [0.29, 0.717) is 0 Å². The van der Waals surface area contributed by atoms with Gasteiger partial charge < -0.3 is 0 Å². The molecule has 76 valence electrons. The molecule has 0 spiro atoms. The predicted octanol–water partition coefficient (Wildman–Crippen LogP) is 1.03. The highest BCUT2D eigenvalue weighted by atomic mass is 32.2. The minimum absolute atomic E-state index is 0.120. The van der Waals surface area contributed by atoms with Crippen molar-refractivity contribution in [3.05, 3.63) is 29.8 Å². The van der Waals surface area contributed by atoms with Gasteiger partial charge in [0.15, 0.2) is 0 Å². The molecule has 0 aromatic heterocycles. The van der Waals surface area contributed by atoms with Crippen LogP contribution in [0.3, 0.4) is 0 Å². The molecule has 0 radical (unpaired) electrons. The van der Waals surface area contributed by atoms with Crippen LogP contribution < -0.4 is 0 Å². The van der Waals surface area contributed by atoms with Gasteiger partial charge in [-0.2, -0.15) is 13.2 Å². The zero-order chi connectivity index (χ0) is 11.0. The van der Waals surface area contributed by atoms with Crippen LogP contribution >= 0.6 is 0 Å². The number of benzene rings is 1. The Labute approximate surface area is 80.0 Å². The molecule has 1 aromatic carbocycles. The molecule has 0 amide bonds. The summed E-state index contributed by atoms with van der Waals surface area (Å²) < 4.78 is 58.0. The summed E-state index contributed by atoms with van der Waals surface area (Å²) in [5, 5.41) is 0. The van der Waals surface area contributed by atoms with Crippen LogP contribution in [-0.2, 0) is 15.9 Å². The van der Waals surface area contributed by atoms with Crippen LogP contribution in [0.25, 0.3) is 0 Å². The SMILES string of the molecule is BS(=O)(=O)c1ccc(C(F)(F)F)cc1. The predicted molar refractivity (Wildman–Crippen MR) is 47.2 cm³/mol. The topological polar surface area (TPSA) is 34.1 Å². The molecule has 0 N–H and O–H groups in total. The van der Waals surface area contributed by atoms with E-state index in [1.165, 1.54) is 0 Å².